The molecule has 5 heteroatoms. The Morgan fingerprint density at radius 2 is 2.00 bits per heavy atom. The first kappa shape index (κ1) is 14.8. The summed E-state index contributed by atoms with van der Waals surface area (Å²) in [5.41, 5.74) is 0.725. The number of nitrogens with one attached hydrogen (secondary N) is 1. The van der Waals surface area contributed by atoms with Crippen molar-refractivity contribution in [1.29, 1.82) is 0 Å². The van der Waals surface area contributed by atoms with Gasteiger partial charge in [-0.2, -0.15) is 0 Å². The second kappa shape index (κ2) is 6.26. The van der Waals surface area contributed by atoms with Gasteiger partial charge in [0.25, 0.3) is 5.91 Å². The zero-order valence-electron chi connectivity index (χ0n) is 12.3. The third kappa shape index (κ3) is 2.97. The van der Waals surface area contributed by atoms with Crippen LogP contribution in [0.1, 0.15) is 28.9 Å². The molecule has 0 fully saturated rings. The molecule has 110 valence electrons. The third-order valence-electron chi connectivity index (χ3n) is 3.54. The van der Waals surface area contributed by atoms with E-state index >= 15 is 0 Å². The number of benzene rings is 1. The summed E-state index contributed by atoms with van der Waals surface area (Å²) in [6.45, 7) is 1.90. The fourth-order valence-corrected chi connectivity index (χ4v) is 2.17. The van der Waals surface area contributed by atoms with E-state index in [1.54, 1.807) is 14.2 Å². The number of hydrogen-bond donors (Lipinski definition) is 1. The van der Waals surface area contributed by atoms with Crippen LogP contribution in [0.4, 0.5) is 0 Å². The molecule has 1 aromatic carbocycles. The van der Waals surface area contributed by atoms with Gasteiger partial charge in [-0.3, -0.25) is 9.59 Å². The molecule has 1 atom stereocenters. The van der Waals surface area contributed by atoms with E-state index in [0.29, 0.717) is 5.75 Å². The van der Waals surface area contributed by atoms with Crippen molar-refractivity contribution in [2.75, 3.05) is 14.2 Å². The number of para-hydroxylation sites is 1. The molecule has 1 N–H and O–H groups in total. The average molecular weight is 286 g/mol. The maximum absolute atomic E-state index is 12.4. The van der Waals surface area contributed by atoms with Crippen LogP contribution in [-0.4, -0.2) is 29.9 Å². The Balaban J connectivity index is 2.31. The lowest BCUT2D eigenvalue weighted by atomic mass is 10.1. The van der Waals surface area contributed by atoms with Gasteiger partial charge in [0.05, 0.1) is 13.2 Å². The van der Waals surface area contributed by atoms with Crippen molar-refractivity contribution >= 4 is 5.91 Å². The Morgan fingerprint density at radius 3 is 2.67 bits per heavy atom. The minimum Gasteiger partial charge on any atom is -0.496 e. The number of pyridine rings is 1. The van der Waals surface area contributed by atoms with E-state index in [0.717, 1.165) is 5.56 Å². The summed E-state index contributed by atoms with van der Waals surface area (Å²) in [4.78, 5) is 28.5. The predicted molar refractivity (Wildman–Crippen MR) is 80.6 cm³/mol. The lowest BCUT2D eigenvalue weighted by Crippen LogP contribution is -2.33. The molecule has 0 saturated heterocycles. The number of rotatable bonds is 4. The number of carbonyl (C=O) groups excluding carboxylic acids is 1. The molecular weight excluding hydrogens is 268 g/mol. The number of carbonyl (C=O) groups is 1. The van der Waals surface area contributed by atoms with Crippen LogP contribution < -0.4 is 10.2 Å². The number of aromatic nitrogens is 1. The van der Waals surface area contributed by atoms with Gasteiger partial charge in [-0.1, -0.05) is 18.2 Å². The van der Waals surface area contributed by atoms with E-state index in [1.165, 1.54) is 23.4 Å². The summed E-state index contributed by atoms with van der Waals surface area (Å²) in [5.74, 6) is 0.391. The summed E-state index contributed by atoms with van der Waals surface area (Å²) in [6.07, 6.45) is 2.93. The topological polar surface area (TPSA) is 62.4 Å². The Morgan fingerprint density at radius 1 is 1.29 bits per heavy atom. The molecule has 0 aliphatic carbocycles. The van der Waals surface area contributed by atoms with Gasteiger partial charge >= 0.3 is 0 Å². The van der Waals surface area contributed by atoms with Crippen molar-refractivity contribution in [3.8, 4) is 5.75 Å². The van der Waals surface area contributed by atoms with Crippen LogP contribution in [-0.2, 0) is 0 Å². The first-order chi connectivity index (χ1) is 10.1. The van der Waals surface area contributed by atoms with Crippen molar-refractivity contribution in [3.05, 3.63) is 64.1 Å². The minimum atomic E-state index is -0.324. The van der Waals surface area contributed by atoms with Gasteiger partial charge in [0.2, 0.25) is 0 Å². The molecule has 1 heterocycles. The van der Waals surface area contributed by atoms with E-state index in [9.17, 15) is 9.59 Å². The van der Waals surface area contributed by atoms with Gasteiger partial charge in [-0.25, -0.2) is 0 Å². The Hall–Kier alpha value is -2.56. The number of ether oxygens (including phenoxy) is 1. The van der Waals surface area contributed by atoms with Crippen molar-refractivity contribution in [2.45, 2.75) is 13.0 Å². The molecule has 1 unspecified atom stereocenters. The van der Waals surface area contributed by atoms with Gasteiger partial charge in [-0.05, 0) is 13.0 Å². The van der Waals surface area contributed by atoms with Crippen LogP contribution in [0.15, 0.2) is 47.5 Å². The highest BCUT2D eigenvalue weighted by atomic mass is 16.5. The third-order valence-corrected chi connectivity index (χ3v) is 3.54. The number of H-pyrrole nitrogens is 1. The van der Waals surface area contributed by atoms with Crippen LogP contribution >= 0.6 is 0 Å². The van der Waals surface area contributed by atoms with Gasteiger partial charge < -0.3 is 14.6 Å². The van der Waals surface area contributed by atoms with E-state index in [4.69, 9.17) is 4.74 Å². The molecule has 2 aromatic rings. The number of nitrogens with zero attached hydrogens (tertiary/aromatic N) is 1. The summed E-state index contributed by atoms with van der Waals surface area (Å²) < 4.78 is 5.32. The summed E-state index contributed by atoms with van der Waals surface area (Å²) >= 11 is 0. The zero-order chi connectivity index (χ0) is 15.4. The number of hydrogen-bond acceptors (Lipinski definition) is 3. The first-order valence-corrected chi connectivity index (χ1v) is 6.63. The number of amides is 1. The largest absolute Gasteiger partial charge is 0.496 e. The molecular formula is C16H18N2O3. The maximum Gasteiger partial charge on any atom is 0.259 e. The van der Waals surface area contributed by atoms with Gasteiger partial charge in [-0.15, -0.1) is 0 Å². The van der Waals surface area contributed by atoms with Crippen LogP contribution in [0.5, 0.6) is 5.75 Å². The average Bonchev–Trinajstić information content (AvgIpc) is 2.53. The fraction of sp³-hybridized carbons (Fsp3) is 0.250. The SMILES string of the molecule is COc1ccccc1C(C)N(C)C(=O)c1c[nH]ccc1=O. The molecule has 21 heavy (non-hydrogen) atoms. The fourth-order valence-electron chi connectivity index (χ4n) is 2.17. The van der Waals surface area contributed by atoms with E-state index in [1.807, 2.05) is 31.2 Å². The van der Waals surface area contributed by atoms with Crippen LogP contribution in [0.2, 0.25) is 0 Å². The predicted octanol–water partition coefficient (Wildman–Crippen LogP) is 2.22. The van der Waals surface area contributed by atoms with Crippen molar-refractivity contribution in [1.82, 2.24) is 9.88 Å². The monoisotopic (exact) mass is 286 g/mol. The highest BCUT2D eigenvalue weighted by molar-refractivity contribution is 5.93. The molecule has 0 saturated carbocycles. The van der Waals surface area contributed by atoms with Crippen molar-refractivity contribution in [3.63, 3.8) is 0 Å². The molecule has 0 aliphatic heterocycles. The van der Waals surface area contributed by atoms with Crippen molar-refractivity contribution < 1.29 is 9.53 Å². The van der Waals surface area contributed by atoms with Crippen LogP contribution in [0, 0.1) is 0 Å². The molecule has 5 nitrogen and oxygen atoms in total. The smallest absolute Gasteiger partial charge is 0.259 e. The molecule has 1 aromatic heterocycles. The molecule has 2 rings (SSSR count). The minimum absolute atomic E-state index is 0.127. The van der Waals surface area contributed by atoms with Gasteiger partial charge in [0.15, 0.2) is 5.43 Å². The van der Waals surface area contributed by atoms with E-state index in [2.05, 4.69) is 4.98 Å². The van der Waals surface area contributed by atoms with Crippen LogP contribution in [0.3, 0.4) is 0 Å². The molecule has 0 aliphatic rings. The normalized spacial score (nSPS) is 11.8. The van der Waals surface area contributed by atoms with Gasteiger partial charge in [0.1, 0.15) is 11.3 Å². The molecule has 0 spiro atoms. The lowest BCUT2D eigenvalue weighted by molar-refractivity contribution is 0.0739. The summed E-state index contributed by atoms with van der Waals surface area (Å²) in [5, 5.41) is 0. The highest BCUT2D eigenvalue weighted by Crippen LogP contribution is 2.28. The second-order valence-corrected chi connectivity index (χ2v) is 4.76. The van der Waals surface area contributed by atoms with Crippen molar-refractivity contribution in [2.24, 2.45) is 0 Å². The highest BCUT2D eigenvalue weighted by Gasteiger charge is 2.22. The lowest BCUT2D eigenvalue weighted by Gasteiger charge is -2.26. The zero-order valence-corrected chi connectivity index (χ0v) is 12.3. The van der Waals surface area contributed by atoms with E-state index < -0.39 is 0 Å². The second-order valence-electron chi connectivity index (χ2n) is 4.76. The Bertz CT molecular complexity index is 694. The molecule has 0 bridgehead atoms. The standard InChI is InChI=1S/C16H18N2O3/c1-11(12-6-4-5-7-15(12)21-3)18(2)16(20)13-10-17-9-8-14(13)19/h4-11H,1-3H3,(H,17,19). The number of methoxy groups -OCH3 is 1. The van der Waals surface area contributed by atoms with E-state index in [-0.39, 0.29) is 22.9 Å². The molecule has 0 radical (unpaired) electrons. The first-order valence-electron chi connectivity index (χ1n) is 6.63. The Labute approximate surface area is 123 Å². The quantitative estimate of drug-likeness (QED) is 0.937. The Kier molecular flexibility index (Phi) is 4.42. The van der Waals surface area contributed by atoms with Gasteiger partial charge in [0, 0.05) is 31.1 Å². The summed E-state index contributed by atoms with van der Waals surface area (Å²) in [6, 6.07) is 8.64. The molecule has 1 amide bonds. The maximum atomic E-state index is 12.4. The summed E-state index contributed by atoms with van der Waals surface area (Å²) in [7, 11) is 3.27. The van der Waals surface area contributed by atoms with Crippen LogP contribution in [0.25, 0.3) is 0 Å². The number of aromatic amines is 1.